The maximum absolute atomic E-state index is 12.9. The standard InChI is InChI=1S/C23H30ClN5O2/c1-17-6-2-3-10-27(17)11-5-9-25-22(30)20-15-21-23(31)28(12-13-29(21)26-20)16-18-7-4-8-19(24)14-18/h4,7-8,14-15,17H,2-3,5-6,9-13,16H2,1H3,(H,25,30). The number of benzene rings is 1. The first kappa shape index (κ1) is 21.8. The largest absolute Gasteiger partial charge is 0.351 e. The molecule has 1 saturated heterocycles. The second kappa shape index (κ2) is 9.83. The van der Waals surface area contributed by atoms with Crippen LogP contribution in [0.3, 0.4) is 0 Å². The lowest BCUT2D eigenvalue weighted by atomic mass is 10.0. The molecule has 1 fully saturated rings. The highest BCUT2D eigenvalue weighted by Crippen LogP contribution is 2.19. The zero-order chi connectivity index (χ0) is 21.8. The summed E-state index contributed by atoms with van der Waals surface area (Å²) in [4.78, 5) is 29.7. The maximum atomic E-state index is 12.9. The molecule has 2 aliphatic rings. The van der Waals surface area contributed by atoms with Crippen molar-refractivity contribution < 1.29 is 9.59 Å². The van der Waals surface area contributed by atoms with Crippen LogP contribution in [-0.2, 0) is 13.1 Å². The molecule has 2 aliphatic heterocycles. The number of carbonyl (C=O) groups is 2. The highest BCUT2D eigenvalue weighted by atomic mass is 35.5. The molecule has 0 radical (unpaired) electrons. The van der Waals surface area contributed by atoms with E-state index in [1.807, 2.05) is 24.3 Å². The van der Waals surface area contributed by atoms with Crippen molar-refractivity contribution in [3.8, 4) is 0 Å². The number of nitrogens with zero attached hydrogens (tertiary/aromatic N) is 4. The Bertz CT molecular complexity index is 944. The van der Waals surface area contributed by atoms with Crippen LogP contribution in [0.15, 0.2) is 30.3 Å². The van der Waals surface area contributed by atoms with Gasteiger partial charge in [-0.05, 0) is 50.4 Å². The molecule has 1 unspecified atom stereocenters. The van der Waals surface area contributed by atoms with Crippen molar-refractivity contribution >= 4 is 23.4 Å². The number of halogens is 1. The summed E-state index contributed by atoms with van der Waals surface area (Å²) in [7, 11) is 0. The second-order valence-electron chi connectivity index (χ2n) is 8.48. The summed E-state index contributed by atoms with van der Waals surface area (Å²) in [5.41, 5.74) is 1.75. The van der Waals surface area contributed by atoms with Gasteiger partial charge in [-0.15, -0.1) is 0 Å². The average molecular weight is 444 g/mol. The molecule has 4 rings (SSSR count). The summed E-state index contributed by atoms with van der Waals surface area (Å²) in [5.74, 6) is -0.334. The third kappa shape index (κ3) is 5.28. The van der Waals surface area contributed by atoms with Crippen LogP contribution in [0.5, 0.6) is 0 Å². The Kier molecular flexibility index (Phi) is 6.92. The number of fused-ring (bicyclic) bond motifs is 1. The van der Waals surface area contributed by atoms with Gasteiger partial charge in [-0.25, -0.2) is 0 Å². The molecule has 0 aliphatic carbocycles. The van der Waals surface area contributed by atoms with Gasteiger partial charge in [-0.2, -0.15) is 5.10 Å². The monoisotopic (exact) mass is 443 g/mol. The van der Waals surface area contributed by atoms with Crippen LogP contribution in [0.1, 0.15) is 59.1 Å². The third-order valence-corrected chi connectivity index (χ3v) is 6.45. The lowest BCUT2D eigenvalue weighted by Crippen LogP contribution is -2.39. The molecule has 3 heterocycles. The van der Waals surface area contributed by atoms with Gasteiger partial charge < -0.3 is 15.1 Å². The van der Waals surface area contributed by atoms with Gasteiger partial charge in [-0.3, -0.25) is 14.3 Å². The first-order chi connectivity index (χ1) is 15.0. The smallest absolute Gasteiger partial charge is 0.272 e. The summed E-state index contributed by atoms with van der Waals surface area (Å²) in [6.45, 7) is 6.64. The van der Waals surface area contributed by atoms with Gasteiger partial charge in [0.05, 0.1) is 6.54 Å². The Labute approximate surface area is 188 Å². The molecule has 1 N–H and O–H groups in total. The minimum absolute atomic E-state index is 0.114. The van der Waals surface area contributed by atoms with Crippen LogP contribution >= 0.6 is 11.6 Å². The molecule has 0 bridgehead atoms. The predicted octanol–water partition coefficient (Wildman–Crippen LogP) is 3.19. The number of aromatic nitrogens is 2. The van der Waals surface area contributed by atoms with E-state index in [4.69, 9.17) is 11.6 Å². The molecule has 8 heteroatoms. The number of hydrogen-bond acceptors (Lipinski definition) is 4. The fraction of sp³-hybridized carbons (Fsp3) is 0.522. The number of piperidine rings is 1. The first-order valence-corrected chi connectivity index (χ1v) is 11.5. The van der Waals surface area contributed by atoms with Gasteiger partial charge in [0.15, 0.2) is 5.69 Å². The molecular weight excluding hydrogens is 414 g/mol. The van der Waals surface area contributed by atoms with E-state index in [0.29, 0.717) is 48.6 Å². The molecule has 31 heavy (non-hydrogen) atoms. The number of likely N-dealkylation sites (tertiary alicyclic amines) is 1. The molecule has 166 valence electrons. The molecular formula is C23H30ClN5O2. The van der Waals surface area contributed by atoms with Gasteiger partial charge in [0.25, 0.3) is 11.8 Å². The van der Waals surface area contributed by atoms with E-state index in [2.05, 4.69) is 22.2 Å². The van der Waals surface area contributed by atoms with Crippen molar-refractivity contribution in [2.75, 3.05) is 26.2 Å². The Hall–Kier alpha value is -2.38. The van der Waals surface area contributed by atoms with Gasteiger partial charge in [0, 0.05) is 43.3 Å². The summed E-state index contributed by atoms with van der Waals surface area (Å²) < 4.78 is 1.64. The third-order valence-electron chi connectivity index (χ3n) is 6.21. The Morgan fingerprint density at radius 3 is 2.90 bits per heavy atom. The fourth-order valence-electron chi connectivity index (χ4n) is 4.42. The highest BCUT2D eigenvalue weighted by molar-refractivity contribution is 6.30. The van der Waals surface area contributed by atoms with Crippen molar-refractivity contribution in [3.05, 3.63) is 52.3 Å². The molecule has 2 amide bonds. The van der Waals surface area contributed by atoms with Crippen LogP contribution in [0.4, 0.5) is 0 Å². The Morgan fingerprint density at radius 1 is 1.23 bits per heavy atom. The van der Waals surface area contributed by atoms with Gasteiger partial charge in [0.2, 0.25) is 0 Å². The summed E-state index contributed by atoms with van der Waals surface area (Å²) in [6.07, 6.45) is 4.75. The quantitative estimate of drug-likeness (QED) is 0.667. The summed E-state index contributed by atoms with van der Waals surface area (Å²) in [5, 5.41) is 7.97. The zero-order valence-corrected chi connectivity index (χ0v) is 18.8. The van der Waals surface area contributed by atoms with E-state index in [-0.39, 0.29) is 11.8 Å². The van der Waals surface area contributed by atoms with Crippen molar-refractivity contribution in [1.82, 2.24) is 24.9 Å². The fourth-order valence-corrected chi connectivity index (χ4v) is 4.63. The number of hydrogen-bond donors (Lipinski definition) is 1. The second-order valence-corrected chi connectivity index (χ2v) is 8.92. The van der Waals surface area contributed by atoms with Crippen molar-refractivity contribution in [3.63, 3.8) is 0 Å². The Morgan fingerprint density at radius 2 is 2.10 bits per heavy atom. The molecule has 0 saturated carbocycles. The van der Waals surface area contributed by atoms with Gasteiger partial charge in [0.1, 0.15) is 5.69 Å². The minimum atomic E-state index is -0.220. The molecule has 1 aromatic carbocycles. The lowest BCUT2D eigenvalue weighted by molar-refractivity contribution is 0.0683. The first-order valence-electron chi connectivity index (χ1n) is 11.1. The van der Waals surface area contributed by atoms with Gasteiger partial charge >= 0.3 is 0 Å². The van der Waals surface area contributed by atoms with E-state index < -0.39 is 0 Å². The van der Waals surface area contributed by atoms with Crippen molar-refractivity contribution in [2.45, 2.75) is 51.7 Å². The summed E-state index contributed by atoms with van der Waals surface area (Å²) >= 11 is 6.06. The number of rotatable bonds is 7. The van der Waals surface area contributed by atoms with Crippen molar-refractivity contribution in [1.29, 1.82) is 0 Å². The topological polar surface area (TPSA) is 70.5 Å². The lowest BCUT2D eigenvalue weighted by Gasteiger charge is -2.33. The molecule has 0 spiro atoms. The normalized spacial score (nSPS) is 19.4. The van der Waals surface area contributed by atoms with Crippen LogP contribution in [0.2, 0.25) is 5.02 Å². The van der Waals surface area contributed by atoms with Crippen LogP contribution in [0, 0.1) is 0 Å². The van der Waals surface area contributed by atoms with Crippen molar-refractivity contribution in [2.24, 2.45) is 0 Å². The molecule has 2 aromatic rings. The van der Waals surface area contributed by atoms with E-state index in [9.17, 15) is 9.59 Å². The average Bonchev–Trinajstić information content (AvgIpc) is 3.20. The van der Waals surface area contributed by atoms with E-state index in [1.165, 1.54) is 19.3 Å². The summed E-state index contributed by atoms with van der Waals surface area (Å²) in [6, 6.07) is 9.75. The van der Waals surface area contributed by atoms with Crippen LogP contribution in [-0.4, -0.2) is 63.6 Å². The Balaban J connectivity index is 1.30. The predicted molar refractivity (Wildman–Crippen MR) is 120 cm³/mol. The zero-order valence-electron chi connectivity index (χ0n) is 18.0. The molecule has 1 aromatic heterocycles. The van der Waals surface area contributed by atoms with E-state index in [0.717, 1.165) is 25.1 Å². The van der Waals surface area contributed by atoms with Crippen LogP contribution < -0.4 is 5.32 Å². The van der Waals surface area contributed by atoms with E-state index in [1.54, 1.807) is 15.6 Å². The minimum Gasteiger partial charge on any atom is -0.351 e. The number of nitrogens with one attached hydrogen (secondary N) is 1. The number of amides is 2. The maximum Gasteiger partial charge on any atom is 0.272 e. The van der Waals surface area contributed by atoms with Gasteiger partial charge in [-0.1, -0.05) is 30.2 Å². The SMILES string of the molecule is CC1CCCCN1CCCNC(=O)c1cc2n(n1)CCN(Cc1cccc(Cl)c1)C2=O. The molecule has 7 nitrogen and oxygen atoms in total. The number of carbonyl (C=O) groups excluding carboxylic acids is 2. The van der Waals surface area contributed by atoms with Crippen LogP contribution in [0.25, 0.3) is 0 Å². The molecule has 1 atom stereocenters. The van der Waals surface area contributed by atoms with E-state index >= 15 is 0 Å². The highest BCUT2D eigenvalue weighted by Gasteiger charge is 2.28.